The fraction of sp³-hybridized carbons (Fsp3) is 0.250. The van der Waals surface area contributed by atoms with Crippen LogP contribution < -0.4 is 10.1 Å². The van der Waals surface area contributed by atoms with Crippen molar-refractivity contribution in [1.29, 1.82) is 0 Å². The van der Waals surface area contributed by atoms with Crippen LogP contribution in [0.4, 0.5) is 5.69 Å². The maximum absolute atomic E-state index is 5.59. The predicted octanol–water partition coefficient (Wildman–Crippen LogP) is 5.53. The number of hydrogen-bond acceptors (Lipinski definition) is 2. The number of benzene rings is 2. The van der Waals surface area contributed by atoms with Crippen LogP contribution in [0.15, 0.2) is 45.3 Å². The standard InChI is InChI=1S/C16H17Br2NO/c1-3-20-16-14(17)8-12(9-15(16)18)10-19-13-6-4-5-11(2)7-13/h4-9,19H,3,10H2,1-2H3. The number of nitrogens with one attached hydrogen (secondary N) is 1. The van der Waals surface area contributed by atoms with E-state index >= 15 is 0 Å². The zero-order chi connectivity index (χ0) is 14.5. The number of ether oxygens (including phenoxy) is 1. The minimum atomic E-state index is 0.651. The van der Waals surface area contributed by atoms with E-state index in [0.717, 1.165) is 26.9 Å². The molecule has 0 amide bonds. The third-order valence-electron chi connectivity index (χ3n) is 2.86. The summed E-state index contributed by atoms with van der Waals surface area (Å²) in [5.74, 6) is 0.854. The number of anilines is 1. The lowest BCUT2D eigenvalue weighted by atomic mass is 10.2. The van der Waals surface area contributed by atoms with Crippen LogP contribution >= 0.6 is 31.9 Å². The van der Waals surface area contributed by atoms with Crippen LogP contribution in [0.5, 0.6) is 5.75 Å². The second kappa shape index (κ2) is 7.14. The molecule has 0 bridgehead atoms. The van der Waals surface area contributed by atoms with Crippen LogP contribution in [-0.4, -0.2) is 6.61 Å². The molecule has 0 aliphatic carbocycles. The Balaban J connectivity index is 2.10. The number of hydrogen-bond donors (Lipinski definition) is 1. The minimum absolute atomic E-state index is 0.651. The van der Waals surface area contributed by atoms with Gasteiger partial charge in [0.2, 0.25) is 0 Å². The van der Waals surface area contributed by atoms with E-state index in [9.17, 15) is 0 Å². The van der Waals surface area contributed by atoms with Gasteiger partial charge in [-0.15, -0.1) is 0 Å². The van der Waals surface area contributed by atoms with Gasteiger partial charge in [0.05, 0.1) is 15.6 Å². The molecular weight excluding hydrogens is 382 g/mol. The summed E-state index contributed by atoms with van der Waals surface area (Å²) in [4.78, 5) is 0. The first-order valence-electron chi connectivity index (χ1n) is 6.51. The van der Waals surface area contributed by atoms with E-state index < -0.39 is 0 Å². The fourth-order valence-electron chi connectivity index (χ4n) is 1.96. The van der Waals surface area contributed by atoms with Crippen molar-refractivity contribution in [1.82, 2.24) is 0 Å². The van der Waals surface area contributed by atoms with Gasteiger partial charge in [-0.1, -0.05) is 12.1 Å². The van der Waals surface area contributed by atoms with Crippen molar-refractivity contribution >= 4 is 37.5 Å². The number of rotatable bonds is 5. The van der Waals surface area contributed by atoms with Gasteiger partial charge in [0.25, 0.3) is 0 Å². The van der Waals surface area contributed by atoms with Crippen LogP contribution in [0.3, 0.4) is 0 Å². The van der Waals surface area contributed by atoms with Crippen LogP contribution in [0.25, 0.3) is 0 Å². The van der Waals surface area contributed by atoms with Crippen LogP contribution in [0.1, 0.15) is 18.1 Å². The van der Waals surface area contributed by atoms with Gasteiger partial charge in [0, 0.05) is 12.2 Å². The summed E-state index contributed by atoms with van der Waals surface area (Å²) >= 11 is 7.11. The molecule has 0 atom stereocenters. The highest BCUT2D eigenvalue weighted by molar-refractivity contribution is 9.11. The summed E-state index contributed by atoms with van der Waals surface area (Å²) in [6.45, 7) is 5.49. The Morgan fingerprint density at radius 3 is 2.40 bits per heavy atom. The Labute approximate surface area is 136 Å². The Morgan fingerprint density at radius 1 is 1.10 bits per heavy atom. The molecule has 20 heavy (non-hydrogen) atoms. The molecule has 0 aliphatic rings. The Kier molecular flexibility index (Phi) is 5.49. The van der Waals surface area contributed by atoms with Crippen molar-refractivity contribution in [2.75, 3.05) is 11.9 Å². The fourth-order valence-corrected chi connectivity index (χ4v) is 3.47. The smallest absolute Gasteiger partial charge is 0.147 e. The Bertz CT molecular complexity index is 576. The molecule has 1 N–H and O–H groups in total. The number of aryl methyl sites for hydroxylation is 1. The summed E-state index contributed by atoms with van der Waals surface area (Å²) in [7, 11) is 0. The molecule has 2 aromatic carbocycles. The molecule has 0 saturated heterocycles. The van der Waals surface area contributed by atoms with Crippen LogP contribution in [0.2, 0.25) is 0 Å². The van der Waals surface area contributed by atoms with Crippen molar-refractivity contribution in [3.05, 3.63) is 56.5 Å². The summed E-state index contributed by atoms with van der Waals surface area (Å²) in [6, 6.07) is 12.5. The van der Waals surface area contributed by atoms with Crippen molar-refractivity contribution in [3.63, 3.8) is 0 Å². The van der Waals surface area contributed by atoms with Gasteiger partial charge in [0.1, 0.15) is 5.75 Å². The lowest BCUT2D eigenvalue weighted by Crippen LogP contribution is -2.01. The van der Waals surface area contributed by atoms with Gasteiger partial charge in [-0.25, -0.2) is 0 Å². The summed E-state index contributed by atoms with van der Waals surface area (Å²) in [5, 5.41) is 3.43. The highest BCUT2D eigenvalue weighted by Crippen LogP contribution is 2.35. The highest BCUT2D eigenvalue weighted by atomic mass is 79.9. The quantitative estimate of drug-likeness (QED) is 0.714. The third-order valence-corrected chi connectivity index (χ3v) is 4.04. The second-order valence-corrected chi connectivity index (χ2v) is 6.25. The minimum Gasteiger partial charge on any atom is -0.492 e. The molecule has 0 saturated carbocycles. The molecule has 2 rings (SSSR count). The van der Waals surface area contributed by atoms with E-state index in [1.165, 1.54) is 11.1 Å². The average Bonchev–Trinajstić information content (AvgIpc) is 2.41. The lowest BCUT2D eigenvalue weighted by Gasteiger charge is -2.12. The van der Waals surface area contributed by atoms with Crippen molar-refractivity contribution in [2.24, 2.45) is 0 Å². The van der Waals surface area contributed by atoms with Crippen LogP contribution in [-0.2, 0) is 6.54 Å². The van der Waals surface area contributed by atoms with Crippen molar-refractivity contribution in [2.45, 2.75) is 20.4 Å². The largest absolute Gasteiger partial charge is 0.492 e. The third kappa shape index (κ3) is 4.00. The average molecular weight is 399 g/mol. The molecule has 0 spiro atoms. The predicted molar refractivity (Wildman–Crippen MR) is 91.5 cm³/mol. The normalized spacial score (nSPS) is 10.4. The Hall–Kier alpha value is -1.00. The van der Waals surface area contributed by atoms with Crippen molar-refractivity contribution < 1.29 is 4.74 Å². The summed E-state index contributed by atoms with van der Waals surface area (Å²) < 4.78 is 7.52. The molecule has 0 aromatic heterocycles. The topological polar surface area (TPSA) is 21.3 Å². The first-order valence-corrected chi connectivity index (χ1v) is 8.10. The Morgan fingerprint density at radius 2 is 1.80 bits per heavy atom. The highest BCUT2D eigenvalue weighted by Gasteiger charge is 2.08. The number of halogens is 2. The molecule has 0 heterocycles. The van der Waals surface area contributed by atoms with Gasteiger partial charge >= 0.3 is 0 Å². The monoisotopic (exact) mass is 397 g/mol. The molecule has 0 unspecified atom stereocenters. The van der Waals surface area contributed by atoms with Gasteiger partial charge in [-0.3, -0.25) is 0 Å². The molecular formula is C16H17Br2NO. The van der Waals surface area contributed by atoms with E-state index in [1.54, 1.807) is 0 Å². The lowest BCUT2D eigenvalue weighted by molar-refractivity contribution is 0.336. The van der Waals surface area contributed by atoms with Gasteiger partial charge in [0.15, 0.2) is 0 Å². The molecule has 0 radical (unpaired) electrons. The van der Waals surface area contributed by atoms with Gasteiger partial charge in [-0.05, 0) is 81.1 Å². The molecule has 2 aromatic rings. The van der Waals surface area contributed by atoms with E-state index in [0.29, 0.717) is 6.61 Å². The van der Waals surface area contributed by atoms with Crippen LogP contribution in [0, 0.1) is 6.92 Å². The van der Waals surface area contributed by atoms with Crippen molar-refractivity contribution in [3.8, 4) is 5.75 Å². The van der Waals surface area contributed by atoms with E-state index in [2.05, 4.69) is 80.5 Å². The first kappa shape index (κ1) is 15.4. The summed E-state index contributed by atoms with van der Waals surface area (Å²) in [5.41, 5.74) is 3.57. The molecule has 4 heteroatoms. The maximum atomic E-state index is 5.59. The van der Waals surface area contributed by atoms with E-state index in [1.807, 2.05) is 6.92 Å². The zero-order valence-corrected chi connectivity index (χ0v) is 14.7. The molecule has 2 nitrogen and oxygen atoms in total. The molecule has 0 fully saturated rings. The summed E-state index contributed by atoms with van der Waals surface area (Å²) in [6.07, 6.45) is 0. The second-order valence-electron chi connectivity index (χ2n) is 4.54. The van der Waals surface area contributed by atoms with Gasteiger partial charge in [-0.2, -0.15) is 0 Å². The maximum Gasteiger partial charge on any atom is 0.147 e. The zero-order valence-electron chi connectivity index (χ0n) is 11.5. The molecule has 0 aliphatic heterocycles. The first-order chi connectivity index (χ1) is 9.60. The SMILES string of the molecule is CCOc1c(Br)cc(CNc2cccc(C)c2)cc1Br. The van der Waals surface area contributed by atoms with E-state index in [-0.39, 0.29) is 0 Å². The van der Waals surface area contributed by atoms with E-state index in [4.69, 9.17) is 4.74 Å². The van der Waals surface area contributed by atoms with Gasteiger partial charge < -0.3 is 10.1 Å². The molecule has 106 valence electrons.